The molecule has 7 heteroatoms. The molecule has 0 fully saturated rings. The van der Waals surface area contributed by atoms with Crippen LogP contribution in [0.15, 0.2) is 67.5 Å². The van der Waals surface area contributed by atoms with Crippen molar-refractivity contribution in [3.05, 3.63) is 101 Å². The fourth-order valence-electron chi connectivity index (χ4n) is 2.79. The van der Waals surface area contributed by atoms with Crippen molar-refractivity contribution in [1.82, 2.24) is 14.5 Å². The van der Waals surface area contributed by atoms with Gasteiger partial charge in [0.15, 0.2) is 11.6 Å². The number of rotatable bonds is 7. The van der Waals surface area contributed by atoms with Crippen molar-refractivity contribution in [1.29, 1.82) is 0 Å². The number of carbonyl (C=O) groups is 1. The maximum atomic E-state index is 13.5. The molecular formula is C21H18ClF2N3O. The zero-order valence-corrected chi connectivity index (χ0v) is 15.7. The summed E-state index contributed by atoms with van der Waals surface area (Å²) in [6, 6.07) is 10.4. The van der Waals surface area contributed by atoms with E-state index in [2.05, 4.69) is 11.6 Å². The minimum Gasteiger partial charge on any atom is -0.329 e. The third kappa shape index (κ3) is 4.64. The van der Waals surface area contributed by atoms with Crippen LogP contribution in [0, 0.1) is 11.6 Å². The highest BCUT2D eigenvalue weighted by molar-refractivity contribution is 6.30. The van der Waals surface area contributed by atoms with E-state index in [-0.39, 0.29) is 12.5 Å². The van der Waals surface area contributed by atoms with Gasteiger partial charge in [0.05, 0.1) is 6.54 Å². The summed E-state index contributed by atoms with van der Waals surface area (Å²) in [4.78, 5) is 18.7. The molecule has 0 bridgehead atoms. The van der Waals surface area contributed by atoms with Crippen LogP contribution in [0.5, 0.6) is 0 Å². The summed E-state index contributed by atoms with van der Waals surface area (Å²) in [6.45, 7) is 4.59. The first kappa shape index (κ1) is 19.8. The van der Waals surface area contributed by atoms with Gasteiger partial charge in [0.2, 0.25) is 0 Å². The molecule has 0 radical (unpaired) electrons. The van der Waals surface area contributed by atoms with Crippen LogP contribution in [-0.2, 0) is 13.1 Å². The quantitative estimate of drug-likeness (QED) is 0.538. The van der Waals surface area contributed by atoms with E-state index in [1.54, 1.807) is 52.2 Å². The lowest BCUT2D eigenvalue weighted by molar-refractivity contribution is 0.0757. The van der Waals surface area contributed by atoms with Crippen molar-refractivity contribution in [2.24, 2.45) is 0 Å². The summed E-state index contributed by atoms with van der Waals surface area (Å²) in [5.41, 5.74) is 1.10. The molecule has 1 heterocycles. The maximum absolute atomic E-state index is 13.5. The highest BCUT2D eigenvalue weighted by atomic mass is 35.5. The zero-order chi connectivity index (χ0) is 20.1. The Labute approximate surface area is 166 Å². The fourth-order valence-corrected chi connectivity index (χ4v) is 2.92. The van der Waals surface area contributed by atoms with E-state index in [0.717, 1.165) is 12.1 Å². The van der Waals surface area contributed by atoms with Gasteiger partial charge < -0.3 is 9.47 Å². The number of halogens is 3. The average Bonchev–Trinajstić information content (AvgIpc) is 3.11. The van der Waals surface area contributed by atoms with E-state index in [4.69, 9.17) is 11.6 Å². The van der Waals surface area contributed by atoms with Crippen molar-refractivity contribution in [3.8, 4) is 0 Å². The second-order valence-corrected chi connectivity index (χ2v) is 6.64. The van der Waals surface area contributed by atoms with Crippen LogP contribution in [0.2, 0.25) is 5.02 Å². The average molecular weight is 402 g/mol. The standard InChI is InChI=1S/C21H18ClF2N3O/c1-2-10-27(21(28)16-4-6-17(22)7-5-16)14-20-25-9-11-26(20)13-15-3-8-18(23)19(24)12-15/h2-9,11-12H,1,10,13-14H2. The number of benzene rings is 2. The van der Waals surface area contributed by atoms with Gasteiger partial charge in [-0.25, -0.2) is 13.8 Å². The zero-order valence-electron chi connectivity index (χ0n) is 15.0. The number of hydrogen-bond acceptors (Lipinski definition) is 2. The number of imidazole rings is 1. The summed E-state index contributed by atoms with van der Waals surface area (Å²) in [5.74, 6) is -1.35. The fraction of sp³-hybridized carbons (Fsp3) is 0.143. The van der Waals surface area contributed by atoms with Crippen molar-refractivity contribution in [2.45, 2.75) is 13.1 Å². The predicted molar refractivity (Wildman–Crippen MR) is 104 cm³/mol. The molecule has 0 unspecified atom stereocenters. The lowest BCUT2D eigenvalue weighted by Crippen LogP contribution is -2.32. The number of amides is 1. The lowest BCUT2D eigenvalue weighted by Gasteiger charge is -2.21. The molecule has 1 aromatic heterocycles. The van der Waals surface area contributed by atoms with Crippen LogP contribution in [0.4, 0.5) is 8.78 Å². The molecular weight excluding hydrogens is 384 g/mol. The van der Waals surface area contributed by atoms with Gasteiger partial charge in [0, 0.05) is 36.1 Å². The minimum absolute atomic E-state index is 0.182. The molecule has 0 aliphatic carbocycles. The first-order chi connectivity index (χ1) is 13.5. The second-order valence-electron chi connectivity index (χ2n) is 6.20. The van der Waals surface area contributed by atoms with E-state index in [1.165, 1.54) is 6.07 Å². The van der Waals surface area contributed by atoms with Gasteiger partial charge in [-0.05, 0) is 42.0 Å². The Bertz CT molecular complexity index is 986. The molecule has 4 nitrogen and oxygen atoms in total. The van der Waals surface area contributed by atoms with Crippen molar-refractivity contribution < 1.29 is 13.6 Å². The van der Waals surface area contributed by atoms with Crippen molar-refractivity contribution in [3.63, 3.8) is 0 Å². The van der Waals surface area contributed by atoms with Crippen LogP contribution >= 0.6 is 11.6 Å². The molecule has 144 valence electrons. The molecule has 0 atom stereocenters. The molecule has 0 N–H and O–H groups in total. The van der Waals surface area contributed by atoms with Gasteiger partial charge in [-0.3, -0.25) is 4.79 Å². The first-order valence-electron chi connectivity index (χ1n) is 8.57. The predicted octanol–water partition coefficient (Wildman–Crippen LogP) is 4.69. The highest BCUT2D eigenvalue weighted by Gasteiger charge is 2.17. The van der Waals surface area contributed by atoms with Gasteiger partial charge in [-0.15, -0.1) is 6.58 Å². The third-order valence-corrected chi connectivity index (χ3v) is 4.45. The topological polar surface area (TPSA) is 38.1 Å². The molecule has 28 heavy (non-hydrogen) atoms. The molecule has 3 aromatic rings. The summed E-state index contributed by atoms with van der Waals surface area (Å²) in [6.07, 6.45) is 4.97. The smallest absolute Gasteiger partial charge is 0.254 e. The number of nitrogens with zero attached hydrogens (tertiary/aromatic N) is 3. The van der Waals surface area contributed by atoms with Crippen LogP contribution in [0.1, 0.15) is 21.7 Å². The Balaban J connectivity index is 1.79. The summed E-state index contributed by atoms with van der Waals surface area (Å²) >= 11 is 5.89. The van der Waals surface area contributed by atoms with Gasteiger partial charge in [0.1, 0.15) is 5.82 Å². The van der Waals surface area contributed by atoms with Crippen LogP contribution in [-0.4, -0.2) is 26.9 Å². The van der Waals surface area contributed by atoms with Crippen LogP contribution < -0.4 is 0 Å². The van der Waals surface area contributed by atoms with Crippen molar-refractivity contribution in [2.75, 3.05) is 6.54 Å². The van der Waals surface area contributed by atoms with E-state index in [9.17, 15) is 13.6 Å². The van der Waals surface area contributed by atoms with E-state index in [1.807, 2.05) is 0 Å². The Hall–Kier alpha value is -2.99. The monoisotopic (exact) mass is 401 g/mol. The minimum atomic E-state index is -0.898. The van der Waals surface area contributed by atoms with Crippen molar-refractivity contribution >= 4 is 17.5 Å². The van der Waals surface area contributed by atoms with Gasteiger partial charge in [0.25, 0.3) is 5.91 Å². The van der Waals surface area contributed by atoms with E-state index in [0.29, 0.717) is 35.1 Å². The van der Waals surface area contributed by atoms with E-state index >= 15 is 0 Å². The number of aromatic nitrogens is 2. The molecule has 0 aliphatic rings. The largest absolute Gasteiger partial charge is 0.329 e. The maximum Gasteiger partial charge on any atom is 0.254 e. The highest BCUT2D eigenvalue weighted by Crippen LogP contribution is 2.15. The molecule has 0 saturated heterocycles. The lowest BCUT2D eigenvalue weighted by atomic mass is 10.2. The Kier molecular flexibility index (Phi) is 6.21. The Morgan fingerprint density at radius 1 is 1.18 bits per heavy atom. The Morgan fingerprint density at radius 2 is 1.93 bits per heavy atom. The van der Waals surface area contributed by atoms with Gasteiger partial charge in [-0.1, -0.05) is 23.7 Å². The normalized spacial score (nSPS) is 10.7. The molecule has 2 aromatic carbocycles. The molecule has 0 saturated carbocycles. The van der Waals surface area contributed by atoms with E-state index < -0.39 is 11.6 Å². The molecule has 3 rings (SSSR count). The van der Waals surface area contributed by atoms with Crippen LogP contribution in [0.25, 0.3) is 0 Å². The first-order valence-corrected chi connectivity index (χ1v) is 8.95. The van der Waals surface area contributed by atoms with Gasteiger partial charge >= 0.3 is 0 Å². The molecule has 1 amide bonds. The summed E-state index contributed by atoms with van der Waals surface area (Å²) in [5, 5.41) is 0.550. The molecule has 0 aliphatic heterocycles. The second kappa shape index (κ2) is 8.80. The number of carbonyl (C=O) groups excluding carboxylic acids is 1. The SMILES string of the molecule is C=CCN(Cc1nccn1Cc1ccc(F)c(F)c1)C(=O)c1ccc(Cl)cc1. The van der Waals surface area contributed by atoms with Crippen LogP contribution in [0.3, 0.4) is 0 Å². The van der Waals surface area contributed by atoms with Gasteiger partial charge in [-0.2, -0.15) is 0 Å². The molecule has 0 spiro atoms. The summed E-state index contributed by atoms with van der Waals surface area (Å²) in [7, 11) is 0. The third-order valence-electron chi connectivity index (χ3n) is 4.20. The number of hydrogen-bond donors (Lipinski definition) is 0. The Morgan fingerprint density at radius 3 is 2.61 bits per heavy atom. The summed E-state index contributed by atoms with van der Waals surface area (Å²) < 4.78 is 28.4.